The molecule has 0 bridgehead atoms. The van der Waals surface area contributed by atoms with Gasteiger partial charge in [-0.05, 0) is 17.7 Å². The van der Waals surface area contributed by atoms with Gasteiger partial charge in [-0.25, -0.2) is 13.8 Å². The van der Waals surface area contributed by atoms with Crippen LogP contribution in [0, 0.1) is 11.6 Å². The van der Waals surface area contributed by atoms with Gasteiger partial charge in [0.2, 0.25) is 0 Å². The maximum atomic E-state index is 14.1. The Morgan fingerprint density at radius 1 is 1.17 bits per heavy atom. The molecule has 0 saturated carbocycles. The minimum absolute atomic E-state index is 0.190. The van der Waals surface area contributed by atoms with Gasteiger partial charge >= 0.3 is 0 Å². The summed E-state index contributed by atoms with van der Waals surface area (Å²) in [5.74, 6) is -1.30. The number of halogens is 3. The Kier molecular flexibility index (Phi) is 5.17. The average Bonchev–Trinajstić information content (AvgIpc) is 3.06. The second-order valence-electron chi connectivity index (χ2n) is 5.17. The second-order valence-corrected chi connectivity index (χ2v) is 5.58. The van der Waals surface area contributed by atoms with Gasteiger partial charge in [-0.15, -0.1) is 0 Å². The molecule has 0 saturated heterocycles. The fraction of sp³-hybridized carbons (Fsp3) is 0.176. The first kappa shape index (κ1) is 16.5. The predicted molar refractivity (Wildman–Crippen MR) is 85.4 cm³/mol. The smallest absolute Gasteiger partial charge is 0.137 e. The summed E-state index contributed by atoms with van der Waals surface area (Å²) in [6.45, 7) is 0.433. The molecular formula is C17H14ClF2N3O. The first-order chi connectivity index (χ1) is 11.6. The number of benzene rings is 2. The third-order valence-corrected chi connectivity index (χ3v) is 3.90. The second kappa shape index (κ2) is 7.51. The maximum absolute atomic E-state index is 14.1. The van der Waals surface area contributed by atoms with E-state index in [1.165, 1.54) is 29.5 Å². The van der Waals surface area contributed by atoms with Crippen molar-refractivity contribution >= 4 is 11.6 Å². The third kappa shape index (κ3) is 3.96. The molecule has 7 heteroatoms. The van der Waals surface area contributed by atoms with Crippen molar-refractivity contribution in [1.82, 2.24) is 14.8 Å². The van der Waals surface area contributed by atoms with Crippen LogP contribution in [0.25, 0.3) is 0 Å². The molecule has 0 fully saturated rings. The number of hydrogen-bond acceptors (Lipinski definition) is 3. The Labute approximate surface area is 142 Å². The molecule has 0 aliphatic heterocycles. The lowest BCUT2D eigenvalue weighted by molar-refractivity contribution is 0.0234. The molecule has 2 aromatic carbocycles. The molecule has 0 N–H and O–H groups in total. The van der Waals surface area contributed by atoms with Gasteiger partial charge in [0, 0.05) is 16.7 Å². The summed E-state index contributed by atoms with van der Waals surface area (Å²) < 4.78 is 34.7. The Hall–Kier alpha value is -2.31. The van der Waals surface area contributed by atoms with Crippen LogP contribution in [-0.2, 0) is 17.9 Å². The number of hydrogen-bond donors (Lipinski definition) is 0. The first-order valence-corrected chi connectivity index (χ1v) is 7.63. The highest BCUT2D eigenvalue weighted by Gasteiger charge is 2.19. The van der Waals surface area contributed by atoms with Crippen LogP contribution in [0.15, 0.2) is 55.1 Å². The van der Waals surface area contributed by atoms with E-state index in [9.17, 15) is 8.78 Å². The first-order valence-electron chi connectivity index (χ1n) is 7.26. The molecule has 1 aromatic heterocycles. The lowest BCUT2D eigenvalue weighted by Crippen LogP contribution is -2.15. The van der Waals surface area contributed by atoms with Crippen LogP contribution in [0.4, 0.5) is 8.78 Å². The Bertz CT molecular complexity index is 811. The van der Waals surface area contributed by atoms with Crippen molar-refractivity contribution in [2.45, 2.75) is 19.3 Å². The predicted octanol–water partition coefficient (Wildman–Crippen LogP) is 4.17. The highest BCUT2D eigenvalue weighted by molar-refractivity contribution is 6.31. The van der Waals surface area contributed by atoms with E-state index in [0.29, 0.717) is 5.02 Å². The van der Waals surface area contributed by atoms with Crippen LogP contribution in [0.5, 0.6) is 0 Å². The van der Waals surface area contributed by atoms with Crippen LogP contribution in [-0.4, -0.2) is 14.8 Å². The SMILES string of the molecule is Fc1ccc(C(Cn2cncn2)OCc2ccccc2Cl)c(F)c1. The molecule has 1 atom stereocenters. The number of aromatic nitrogens is 3. The summed E-state index contributed by atoms with van der Waals surface area (Å²) in [5, 5.41) is 4.57. The molecular weight excluding hydrogens is 336 g/mol. The van der Waals surface area contributed by atoms with Gasteiger partial charge in [0.05, 0.1) is 13.2 Å². The van der Waals surface area contributed by atoms with Crippen LogP contribution in [0.1, 0.15) is 17.2 Å². The zero-order valence-electron chi connectivity index (χ0n) is 12.6. The van der Waals surface area contributed by atoms with Crippen molar-refractivity contribution < 1.29 is 13.5 Å². The van der Waals surface area contributed by atoms with E-state index in [1.54, 1.807) is 6.07 Å². The van der Waals surface area contributed by atoms with Crippen LogP contribution < -0.4 is 0 Å². The fourth-order valence-corrected chi connectivity index (χ4v) is 2.50. The van der Waals surface area contributed by atoms with Crippen molar-refractivity contribution in [1.29, 1.82) is 0 Å². The molecule has 0 amide bonds. The van der Waals surface area contributed by atoms with Gasteiger partial charge in [-0.3, -0.25) is 4.68 Å². The molecule has 24 heavy (non-hydrogen) atoms. The largest absolute Gasteiger partial charge is 0.367 e. The number of ether oxygens (including phenoxy) is 1. The maximum Gasteiger partial charge on any atom is 0.137 e. The molecule has 124 valence electrons. The lowest BCUT2D eigenvalue weighted by Gasteiger charge is -2.19. The minimum atomic E-state index is -0.667. The van der Waals surface area contributed by atoms with E-state index in [0.717, 1.165) is 11.6 Å². The number of rotatable bonds is 6. The van der Waals surface area contributed by atoms with E-state index in [2.05, 4.69) is 10.1 Å². The van der Waals surface area contributed by atoms with Gasteiger partial charge < -0.3 is 4.74 Å². The fourth-order valence-electron chi connectivity index (χ4n) is 2.31. The number of nitrogens with zero attached hydrogens (tertiary/aromatic N) is 3. The van der Waals surface area contributed by atoms with Crippen LogP contribution >= 0.6 is 11.6 Å². The summed E-state index contributed by atoms with van der Waals surface area (Å²) >= 11 is 6.12. The van der Waals surface area contributed by atoms with Gasteiger partial charge in [0.25, 0.3) is 0 Å². The monoisotopic (exact) mass is 349 g/mol. The van der Waals surface area contributed by atoms with Crippen molar-refractivity contribution in [2.75, 3.05) is 0 Å². The topological polar surface area (TPSA) is 39.9 Å². The molecule has 4 nitrogen and oxygen atoms in total. The third-order valence-electron chi connectivity index (χ3n) is 3.53. The summed E-state index contributed by atoms with van der Waals surface area (Å²) in [4.78, 5) is 3.86. The molecule has 0 aliphatic carbocycles. The summed E-state index contributed by atoms with van der Waals surface area (Å²) in [7, 11) is 0. The van der Waals surface area contributed by atoms with Gasteiger partial charge in [-0.1, -0.05) is 35.9 Å². The average molecular weight is 350 g/mol. The molecule has 0 radical (unpaired) electrons. The van der Waals surface area contributed by atoms with Crippen molar-refractivity contribution in [3.8, 4) is 0 Å². The lowest BCUT2D eigenvalue weighted by atomic mass is 10.1. The minimum Gasteiger partial charge on any atom is -0.367 e. The Morgan fingerprint density at radius 3 is 2.71 bits per heavy atom. The standard InChI is InChI=1S/C17H14ClF2N3O/c18-15-4-2-1-3-12(15)9-24-17(8-23-11-21-10-22-23)14-6-5-13(19)7-16(14)20/h1-7,10-11,17H,8-9H2. The molecule has 1 heterocycles. The zero-order chi connectivity index (χ0) is 16.9. The van der Waals surface area contributed by atoms with E-state index >= 15 is 0 Å². The molecule has 3 rings (SSSR count). The van der Waals surface area contributed by atoms with Crippen LogP contribution in [0.3, 0.4) is 0 Å². The quantitative estimate of drug-likeness (QED) is 0.670. The Morgan fingerprint density at radius 2 is 2.00 bits per heavy atom. The van der Waals surface area contributed by atoms with E-state index in [4.69, 9.17) is 16.3 Å². The summed E-state index contributed by atoms with van der Waals surface area (Å²) in [6, 6.07) is 10.7. The Balaban J connectivity index is 1.83. The zero-order valence-corrected chi connectivity index (χ0v) is 13.3. The summed E-state index contributed by atoms with van der Waals surface area (Å²) in [6.07, 6.45) is 2.22. The van der Waals surface area contributed by atoms with Crippen LogP contribution in [0.2, 0.25) is 5.02 Å². The molecule has 0 aliphatic rings. The van der Waals surface area contributed by atoms with Gasteiger partial charge in [0.15, 0.2) is 0 Å². The highest BCUT2D eigenvalue weighted by Crippen LogP contribution is 2.26. The van der Waals surface area contributed by atoms with Crippen molar-refractivity contribution in [3.63, 3.8) is 0 Å². The molecule has 0 spiro atoms. The van der Waals surface area contributed by atoms with Crippen molar-refractivity contribution in [2.24, 2.45) is 0 Å². The highest BCUT2D eigenvalue weighted by atomic mass is 35.5. The van der Waals surface area contributed by atoms with E-state index in [-0.39, 0.29) is 18.7 Å². The normalized spacial score (nSPS) is 12.3. The van der Waals surface area contributed by atoms with Crippen molar-refractivity contribution in [3.05, 3.63) is 82.9 Å². The summed E-state index contributed by atoms with van der Waals surface area (Å²) in [5.41, 5.74) is 1.03. The van der Waals surface area contributed by atoms with E-state index in [1.807, 2.05) is 18.2 Å². The molecule has 1 unspecified atom stereocenters. The van der Waals surface area contributed by atoms with E-state index < -0.39 is 17.7 Å². The van der Waals surface area contributed by atoms with Gasteiger partial charge in [0.1, 0.15) is 30.4 Å². The van der Waals surface area contributed by atoms with Gasteiger partial charge in [-0.2, -0.15) is 5.10 Å². The molecule has 3 aromatic rings.